The zero-order chi connectivity index (χ0) is 23.2. The Kier molecular flexibility index (Phi) is 6.07. The highest BCUT2D eigenvalue weighted by molar-refractivity contribution is 7.99. The largest absolute Gasteiger partial charge is 0.375 e. The number of aromatic nitrogens is 2. The standard InChI is InChI=1S/C28H36N2O2S/c1-19(2)18-33-26-29-24-22-11-7-6-10-20(22)16-28(13-8-5-9-14-28)23(24)25(31)30(26)21-12-15-32-27(3,4)17-21/h6-7,10-11,21H,1,5,8-9,12-18H2,2-4H3/t21-/m1/s1. The van der Waals surface area contributed by atoms with E-state index in [-0.39, 0.29) is 22.6 Å². The average Bonchev–Trinajstić information content (AvgIpc) is 2.77. The molecule has 1 spiro atoms. The molecule has 0 amide bonds. The smallest absolute Gasteiger partial charge is 0.258 e. The highest BCUT2D eigenvalue weighted by atomic mass is 32.2. The van der Waals surface area contributed by atoms with E-state index in [2.05, 4.69) is 49.3 Å². The predicted molar refractivity (Wildman–Crippen MR) is 136 cm³/mol. The number of hydrogen-bond donors (Lipinski definition) is 0. The first kappa shape index (κ1) is 22.9. The van der Waals surface area contributed by atoms with Crippen molar-refractivity contribution in [1.82, 2.24) is 9.55 Å². The lowest BCUT2D eigenvalue weighted by Gasteiger charge is -2.43. The molecule has 1 atom stereocenters. The van der Waals surface area contributed by atoms with Crippen molar-refractivity contribution in [2.75, 3.05) is 12.4 Å². The summed E-state index contributed by atoms with van der Waals surface area (Å²) in [5, 5.41) is 0.840. The number of fused-ring (bicyclic) bond motifs is 4. The van der Waals surface area contributed by atoms with Crippen LogP contribution in [-0.2, 0) is 16.6 Å². The SMILES string of the molecule is C=C(C)CSc1nc2c(c(=O)n1[C@@H]1CCOC(C)(C)C1)C1(CCCCC1)Cc1ccccc1-2. The molecule has 1 saturated heterocycles. The van der Waals surface area contributed by atoms with Crippen LogP contribution < -0.4 is 5.56 Å². The number of ether oxygens (including phenoxy) is 1. The molecular weight excluding hydrogens is 428 g/mol. The Bertz CT molecular complexity index is 1130. The molecule has 2 heterocycles. The third-order valence-corrected chi connectivity index (χ3v) is 8.89. The van der Waals surface area contributed by atoms with Crippen molar-refractivity contribution < 1.29 is 4.74 Å². The summed E-state index contributed by atoms with van der Waals surface area (Å²) in [4.78, 5) is 19.8. The number of rotatable bonds is 4. The zero-order valence-electron chi connectivity index (χ0n) is 20.3. The van der Waals surface area contributed by atoms with Crippen molar-refractivity contribution >= 4 is 11.8 Å². The van der Waals surface area contributed by atoms with Crippen molar-refractivity contribution in [3.8, 4) is 11.3 Å². The van der Waals surface area contributed by atoms with E-state index >= 15 is 0 Å². The number of nitrogens with zero attached hydrogens (tertiary/aromatic N) is 2. The second-order valence-corrected chi connectivity index (χ2v) is 11.9. The predicted octanol–water partition coefficient (Wildman–Crippen LogP) is 6.47. The highest BCUT2D eigenvalue weighted by Crippen LogP contribution is 2.49. The summed E-state index contributed by atoms with van der Waals surface area (Å²) in [6, 6.07) is 8.72. The summed E-state index contributed by atoms with van der Waals surface area (Å²) in [6.07, 6.45) is 8.47. The van der Waals surface area contributed by atoms with Gasteiger partial charge in [0.2, 0.25) is 0 Å². The van der Waals surface area contributed by atoms with E-state index in [1.54, 1.807) is 11.8 Å². The van der Waals surface area contributed by atoms with Crippen LogP contribution in [0.2, 0.25) is 0 Å². The van der Waals surface area contributed by atoms with Gasteiger partial charge in [0.1, 0.15) is 0 Å². The van der Waals surface area contributed by atoms with Gasteiger partial charge in [-0.1, -0.05) is 67.4 Å². The Labute approximate surface area is 201 Å². The van der Waals surface area contributed by atoms with Crippen LogP contribution in [-0.4, -0.2) is 27.5 Å². The average molecular weight is 465 g/mol. The summed E-state index contributed by atoms with van der Waals surface area (Å²) < 4.78 is 8.06. The summed E-state index contributed by atoms with van der Waals surface area (Å²) in [7, 11) is 0. The molecule has 4 nitrogen and oxygen atoms in total. The summed E-state index contributed by atoms with van der Waals surface area (Å²) in [6.45, 7) is 11.1. The fraction of sp³-hybridized carbons (Fsp3) is 0.571. The Hall–Kier alpha value is -1.85. The monoisotopic (exact) mass is 464 g/mol. The fourth-order valence-electron chi connectivity index (χ4n) is 6.23. The van der Waals surface area contributed by atoms with Crippen LogP contribution in [0.3, 0.4) is 0 Å². The highest BCUT2D eigenvalue weighted by Gasteiger charge is 2.44. The molecule has 0 bridgehead atoms. The summed E-state index contributed by atoms with van der Waals surface area (Å²) in [5.41, 5.74) is 5.41. The molecule has 2 fully saturated rings. The van der Waals surface area contributed by atoms with E-state index in [1.807, 2.05) is 6.92 Å². The van der Waals surface area contributed by atoms with Gasteiger partial charge in [0.25, 0.3) is 5.56 Å². The summed E-state index contributed by atoms with van der Waals surface area (Å²) >= 11 is 1.66. The van der Waals surface area contributed by atoms with Crippen LogP contribution in [0.1, 0.15) is 82.9 Å². The molecule has 176 valence electrons. The van der Waals surface area contributed by atoms with Gasteiger partial charge in [-0.25, -0.2) is 4.98 Å². The van der Waals surface area contributed by atoms with Crippen molar-refractivity contribution in [3.63, 3.8) is 0 Å². The Morgan fingerprint density at radius 2 is 2.00 bits per heavy atom. The lowest BCUT2D eigenvalue weighted by atomic mass is 9.62. The Morgan fingerprint density at radius 1 is 1.24 bits per heavy atom. The van der Waals surface area contributed by atoms with Crippen molar-refractivity contribution in [3.05, 3.63) is 57.9 Å². The molecule has 33 heavy (non-hydrogen) atoms. The molecule has 3 aliphatic rings. The van der Waals surface area contributed by atoms with Crippen LogP contribution in [0.25, 0.3) is 11.3 Å². The fourth-order valence-corrected chi connectivity index (χ4v) is 7.13. The van der Waals surface area contributed by atoms with E-state index in [9.17, 15) is 4.79 Å². The minimum atomic E-state index is -0.232. The minimum absolute atomic E-state index is 0.0774. The maximum atomic E-state index is 14.5. The quantitative estimate of drug-likeness (QED) is 0.296. The molecule has 2 aromatic rings. The minimum Gasteiger partial charge on any atom is -0.375 e. The normalized spacial score (nSPS) is 23.1. The van der Waals surface area contributed by atoms with E-state index < -0.39 is 0 Å². The molecule has 1 aliphatic heterocycles. The van der Waals surface area contributed by atoms with E-state index in [4.69, 9.17) is 9.72 Å². The molecule has 1 saturated carbocycles. The van der Waals surface area contributed by atoms with Crippen molar-refractivity contribution in [1.29, 1.82) is 0 Å². The molecule has 1 aromatic heterocycles. The molecule has 0 radical (unpaired) electrons. The Balaban J connectivity index is 1.74. The van der Waals surface area contributed by atoms with Crippen LogP contribution in [0, 0.1) is 0 Å². The summed E-state index contributed by atoms with van der Waals surface area (Å²) in [5.74, 6) is 0.768. The van der Waals surface area contributed by atoms with E-state index in [0.29, 0.717) is 6.61 Å². The molecule has 2 aliphatic carbocycles. The van der Waals surface area contributed by atoms with Crippen LogP contribution in [0.15, 0.2) is 46.4 Å². The zero-order valence-corrected chi connectivity index (χ0v) is 21.1. The van der Waals surface area contributed by atoms with Gasteiger partial charge in [-0.05, 0) is 58.4 Å². The first-order chi connectivity index (χ1) is 15.8. The van der Waals surface area contributed by atoms with Gasteiger partial charge in [0.05, 0.1) is 16.9 Å². The lowest BCUT2D eigenvalue weighted by Crippen LogP contribution is -2.45. The van der Waals surface area contributed by atoms with Gasteiger partial charge in [-0.15, -0.1) is 0 Å². The van der Waals surface area contributed by atoms with Crippen LogP contribution >= 0.6 is 11.8 Å². The molecule has 0 N–H and O–H groups in total. The maximum absolute atomic E-state index is 14.5. The van der Waals surface area contributed by atoms with Crippen LogP contribution in [0.4, 0.5) is 0 Å². The van der Waals surface area contributed by atoms with Gasteiger partial charge < -0.3 is 4.74 Å². The van der Waals surface area contributed by atoms with Crippen LogP contribution in [0.5, 0.6) is 0 Å². The van der Waals surface area contributed by atoms with Gasteiger partial charge in [0, 0.05) is 29.4 Å². The third-order valence-electron chi connectivity index (χ3n) is 7.71. The second-order valence-electron chi connectivity index (χ2n) is 11.0. The number of thioether (sulfide) groups is 1. The molecule has 5 heteroatoms. The van der Waals surface area contributed by atoms with Gasteiger partial charge in [0.15, 0.2) is 5.16 Å². The first-order valence-corrected chi connectivity index (χ1v) is 13.4. The van der Waals surface area contributed by atoms with E-state index in [0.717, 1.165) is 65.4 Å². The number of hydrogen-bond acceptors (Lipinski definition) is 4. The van der Waals surface area contributed by atoms with Gasteiger partial charge in [-0.3, -0.25) is 9.36 Å². The van der Waals surface area contributed by atoms with E-state index in [1.165, 1.54) is 24.8 Å². The van der Waals surface area contributed by atoms with Crippen molar-refractivity contribution in [2.24, 2.45) is 0 Å². The molecule has 0 unspecified atom stereocenters. The van der Waals surface area contributed by atoms with Gasteiger partial charge in [-0.2, -0.15) is 0 Å². The first-order valence-electron chi connectivity index (χ1n) is 12.5. The van der Waals surface area contributed by atoms with Gasteiger partial charge >= 0.3 is 0 Å². The maximum Gasteiger partial charge on any atom is 0.258 e. The van der Waals surface area contributed by atoms with Crippen molar-refractivity contribution in [2.45, 2.75) is 94.4 Å². The topological polar surface area (TPSA) is 44.1 Å². The number of benzene rings is 1. The molecule has 1 aromatic carbocycles. The third kappa shape index (κ3) is 4.23. The molecular formula is C28H36N2O2S. The molecule has 5 rings (SSSR count). The lowest BCUT2D eigenvalue weighted by molar-refractivity contribution is -0.0710. The second kappa shape index (κ2) is 8.74. The Morgan fingerprint density at radius 3 is 2.73 bits per heavy atom.